The summed E-state index contributed by atoms with van der Waals surface area (Å²) in [6.07, 6.45) is 2.89. The minimum absolute atomic E-state index is 0.393. The molecule has 0 spiro atoms. The zero-order chi connectivity index (χ0) is 17.7. The maximum absolute atomic E-state index is 5.56. The first kappa shape index (κ1) is 18.7. The lowest BCUT2D eigenvalue weighted by Crippen LogP contribution is -2.27. The third-order valence-corrected chi connectivity index (χ3v) is 4.38. The molecule has 0 aliphatic heterocycles. The van der Waals surface area contributed by atoms with Gasteiger partial charge >= 0.3 is 0 Å². The number of furan rings is 1. The Morgan fingerprint density at radius 1 is 1.17 bits per heavy atom. The molecule has 0 aliphatic rings. The van der Waals surface area contributed by atoms with Crippen molar-refractivity contribution >= 4 is 0 Å². The normalized spacial score (nSPS) is 12.0. The zero-order valence-electron chi connectivity index (χ0n) is 16.0. The molecule has 5 heteroatoms. The highest BCUT2D eigenvalue weighted by Crippen LogP contribution is 2.20. The summed E-state index contributed by atoms with van der Waals surface area (Å²) < 4.78 is 7.69. The first-order chi connectivity index (χ1) is 11.4. The van der Waals surface area contributed by atoms with Crippen LogP contribution in [0.1, 0.15) is 49.0 Å². The Balaban J connectivity index is 2.12. The topological polar surface area (TPSA) is 37.4 Å². The molecule has 24 heavy (non-hydrogen) atoms. The smallest absolute Gasteiger partial charge is 0.117 e. The van der Waals surface area contributed by atoms with Gasteiger partial charge in [0.25, 0.3) is 0 Å². The quantitative estimate of drug-likeness (QED) is 0.703. The van der Waals surface area contributed by atoms with Gasteiger partial charge in [0, 0.05) is 30.4 Å². The second-order valence-electron chi connectivity index (χ2n) is 7.13. The van der Waals surface area contributed by atoms with E-state index < -0.39 is 0 Å². The van der Waals surface area contributed by atoms with Crippen molar-refractivity contribution in [3.8, 4) is 0 Å². The largest absolute Gasteiger partial charge is 0.468 e. The molecule has 0 unspecified atom stereocenters. The minimum atomic E-state index is 0.393. The molecule has 0 aliphatic carbocycles. The van der Waals surface area contributed by atoms with Crippen LogP contribution in [0, 0.1) is 13.8 Å². The Bertz CT molecular complexity index is 614. The summed E-state index contributed by atoms with van der Waals surface area (Å²) in [5.74, 6) is 1.02. The van der Waals surface area contributed by atoms with Crippen LogP contribution < -0.4 is 0 Å². The molecule has 0 aromatic carbocycles. The molecule has 2 heterocycles. The third kappa shape index (κ3) is 4.95. The van der Waals surface area contributed by atoms with Crippen molar-refractivity contribution in [2.24, 2.45) is 0 Å². The fourth-order valence-corrected chi connectivity index (χ4v) is 3.10. The molecule has 0 radical (unpaired) electrons. The van der Waals surface area contributed by atoms with E-state index in [-0.39, 0.29) is 0 Å². The van der Waals surface area contributed by atoms with E-state index in [1.807, 2.05) is 6.07 Å². The van der Waals surface area contributed by atoms with E-state index in [0.717, 1.165) is 44.1 Å². The van der Waals surface area contributed by atoms with Gasteiger partial charge in [0.1, 0.15) is 5.76 Å². The van der Waals surface area contributed by atoms with Crippen LogP contribution in [0.25, 0.3) is 0 Å². The number of aromatic nitrogens is 2. The van der Waals surface area contributed by atoms with Crippen LogP contribution in [-0.2, 0) is 13.1 Å². The molecule has 2 aromatic heterocycles. The molecule has 0 saturated heterocycles. The molecule has 0 N–H and O–H groups in total. The van der Waals surface area contributed by atoms with E-state index in [0.29, 0.717) is 6.04 Å². The van der Waals surface area contributed by atoms with Crippen molar-refractivity contribution in [2.45, 2.75) is 53.2 Å². The highest BCUT2D eigenvalue weighted by molar-refractivity contribution is 5.25. The van der Waals surface area contributed by atoms with Gasteiger partial charge < -0.3 is 9.32 Å². The van der Waals surface area contributed by atoms with E-state index in [2.05, 4.69) is 62.3 Å². The van der Waals surface area contributed by atoms with Crippen LogP contribution in [0.4, 0.5) is 0 Å². The molecular weight excluding hydrogens is 300 g/mol. The van der Waals surface area contributed by atoms with Gasteiger partial charge in [-0.2, -0.15) is 5.10 Å². The second-order valence-corrected chi connectivity index (χ2v) is 7.13. The van der Waals surface area contributed by atoms with Crippen molar-refractivity contribution in [3.05, 3.63) is 41.1 Å². The predicted octanol–water partition coefficient (Wildman–Crippen LogP) is 3.63. The lowest BCUT2D eigenvalue weighted by atomic mass is 10.1. The highest BCUT2D eigenvalue weighted by Gasteiger charge is 2.17. The predicted molar refractivity (Wildman–Crippen MR) is 98.1 cm³/mol. The molecule has 0 bridgehead atoms. The SMILES string of the molecule is Cc1nn(C(C)C)c(C)c1CN(CCCN(C)C)Cc1ccco1. The third-order valence-electron chi connectivity index (χ3n) is 4.38. The van der Waals surface area contributed by atoms with E-state index >= 15 is 0 Å². The Kier molecular flexibility index (Phi) is 6.63. The van der Waals surface area contributed by atoms with E-state index in [1.54, 1.807) is 6.26 Å². The van der Waals surface area contributed by atoms with E-state index in [4.69, 9.17) is 9.52 Å². The molecule has 2 rings (SSSR count). The standard InChI is InChI=1S/C19H32N4O/c1-15(2)23-17(4)19(16(3)20-23)14-22(11-8-10-21(5)6)13-18-9-7-12-24-18/h7,9,12,15H,8,10-11,13-14H2,1-6H3. The van der Waals surface area contributed by atoms with Gasteiger partial charge in [0.2, 0.25) is 0 Å². The van der Waals surface area contributed by atoms with Crippen LogP contribution in [0.5, 0.6) is 0 Å². The summed E-state index contributed by atoms with van der Waals surface area (Å²) in [6.45, 7) is 12.6. The van der Waals surface area contributed by atoms with Gasteiger partial charge in [-0.3, -0.25) is 9.58 Å². The fourth-order valence-electron chi connectivity index (χ4n) is 3.10. The average molecular weight is 332 g/mol. The van der Waals surface area contributed by atoms with Crippen molar-refractivity contribution in [3.63, 3.8) is 0 Å². The van der Waals surface area contributed by atoms with E-state index in [9.17, 15) is 0 Å². The van der Waals surface area contributed by atoms with Gasteiger partial charge in [-0.15, -0.1) is 0 Å². The van der Waals surface area contributed by atoms with Crippen LogP contribution in [-0.4, -0.2) is 46.8 Å². The van der Waals surface area contributed by atoms with Crippen molar-refractivity contribution in [1.82, 2.24) is 19.6 Å². The summed E-state index contributed by atoms with van der Waals surface area (Å²) in [5, 5.41) is 4.73. The van der Waals surface area contributed by atoms with Gasteiger partial charge in [-0.1, -0.05) is 0 Å². The van der Waals surface area contributed by atoms with Crippen molar-refractivity contribution in [2.75, 3.05) is 27.2 Å². The molecule has 0 atom stereocenters. The van der Waals surface area contributed by atoms with Gasteiger partial charge in [-0.05, 0) is 66.9 Å². The summed E-state index contributed by atoms with van der Waals surface area (Å²) in [7, 11) is 4.25. The lowest BCUT2D eigenvalue weighted by molar-refractivity contribution is 0.221. The molecule has 0 fully saturated rings. The monoisotopic (exact) mass is 332 g/mol. The Hall–Kier alpha value is -1.59. The summed E-state index contributed by atoms with van der Waals surface area (Å²) >= 11 is 0. The molecule has 134 valence electrons. The first-order valence-corrected chi connectivity index (χ1v) is 8.82. The average Bonchev–Trinajstić information content (AvgIpc) is 3.09. The summed E-state index contributed by atoms with van der Waals surface area (Å²) in [6, 6.07) is 4.40. The second kappa shape index (κ2) is 8.49. The summed E-state index contributed by atoms with van der Waals surface area (Å²) in [5.41, 5.74) is 3.76. The van der Waals surface area contributed by atoms with Crippen LogP contribution in [0.2, 0.25) is 0 Å². The van der Waals surface area contributed by atoms with Crippen LogP contribution >= 0.6 is 0 Å². The number of aryl methyl sites for hydroxylation is 1. The van der Waals surface area contributed by atoms with Crippen molar-refractivity contribution < 1.29 is 4.42 Å². The van der Waals surface area contributed by atoms with Gasteiger partial charge in [0.05, 0.1) is 18.5 Å². The lowest BCUT2D eigenvalue weighted by Gasteiger charge is -2.22. The van der Waals surface area contributed by atoms with Crippen LogP contribution in [0.15, 0.2) is 22.8 Å². The van der Waals surface area contributed by atoms with Crippen molar-refractivity contribution in [1.29, 1.82) is 0 Å². The van der Waals surface area contributed by atoms with Crippen LogP contribution in [0.3, 0.4) is 0 Å². The Morgan fingerprint density at radius 2 is 1.92 bits per heavy atom. The number of hydrogen-bond acceptors (Lipinski definition) is 4. The maximum Gasteiger partial charge on any atom is 0.117 e. The first-order valence-electron chi connectivity index (χ1n) is 8.82. The number of nitrogens with zero attached hydrogens (tertiary/aromatic N) is 4. The number of hydrogen-bond donors (Lipinski definition) is 0. The van der Waals surface area contributed by atoms with E-state index in [1.165, 1.54) is 11.3 Å². The maximum atomic E-state index is 5.56. The minimum Gasteiger partial charge on any atom is -0.468 e. The summed E-state index contributed by atoms with van der Waals surface area (Å²) in [4.78, 5) is 4.70. The molecule has 5 nitrogen and oxygen atoms in total. The Morgan fingerprint density at radius 3 is 2.46 bits per heavy atom. The zero-order valence-corrected chi connectivity index (χ0v) is 16.0. The van der Waals surface area contributed by atoms with Gasteiger partial charge in [-0.25, -0.2) is 0 Å². The molecule has 0 saturated carbocycles. The van der Waals surface area contributed by atoms with Gasteiger partial charge in [0.15, 0.2) is 0 Å². The Labute approximate surface area is 146 Å². The fraction of sp³-hybridized carbons (Fsp3) is 0.632. The molecule has 2 aromatic rings. The highest BCUT2D eigenvalue weighted by atomic mass is 16.3. The molecule has 0 amide bonds. The molecular formula is C19H32N4O. The number of rotatable bonds is 9.